The molecule has 0 radical (unpaired) electrons. The highest BCUT2D eigenvalue weighted by Gasteiger charge is 2.14. The normalized spacial score (nSPS) is 11.4. The zero-order chi connectivity index (χ0) is 18.8. The van der Waals surface area contributed by atoms with Gasteiger partial charge in [-0.15, -0.1) is 11.3 Å². The van der Waals surface area contributed by atoms with Crippen LogP contribution in [0.3, 0.4) is 0 Å². The summed E-state index contributed by atoms with van der Waals surface area (Å²) in [4.78, 5) is 21.2. The Morgan fingerprint density at radius 2 is 1.81 bits per heavy atom. The SMILES string of the molecule is CN(Cc1cccs1)Cc1nc2ccccc2c(=O)n1-c1ccc(F)cc1. The average molecular weight is 379 g/mol. The lowest BCUT2D eigenvalue weighted by Gasteiger charge is -2.19. The van der Waals surface area contributed by atoms with Gasteiger partial charge in [-0.25, -0.2) is 9.37 Å². The quantitative estimate of drug-likeness (QED) is 0.521. The Hall–Kier alpha value is -2.83. The highest BCUT2D eigenvalue weighted by atomic mass is 32.1. The van der Waals surface area contributed by atoms with Gasteiger partial charge in [0.15, 0.2) is 0 Å². The third-order valence-corrected chi connectivity index (χ3v) is 5.21. The third kappa shape index (κ3) is 3.67. The fraction of sp³-hybridized carbons (Fsp3) is 0.143. The van der Waals surface area contributed by atoms with Gasteiger partial charge in [0.2, 0.25) is 0 Å². The molecule has 136 valence electrons. The average Bonchev–Trinajstić information content (AvgIpc) is 3.16. The lowest BCUT2D eigenvalue weighted by molar-refractivity contribution is 0.310. The molecular formula is C21H18FN3OS. The van der Waals surface area contributed by atoms with Crippen molar-refractivity contribution in [2.45, 2.75) is 13.1 Å². The number of aromatic nitrogens is 2. The van der Waals surface area contributed by atoms with Gasteiger partial charge in [-0.2, -0.15) is 0 Å². The first-order valence-electron chi connectivity index (χ1n) is 8.59. The lowest BCUT2D eigenvalue weighted by atomic mass is 10.2. The summed E-state index contributed by atoms with van der Waals surface area (Å²) in [5.74, 6) is 0.293. The second kappa shape index (κ2) is 7.42. The number of halogens is 1. The molecule has 0 saturated heterocycles. The van der Waals surface area contributed by atoms with Crippen molar-refractivity contribution in [3.05, 3.63) is 92.9 Å². The van der Waals surface area contributed by atoms with Gasteiger partial charge in [0.05, 0.1) is 23.1 Å². The van der Waals surface area contributed by atoms with Crippen LogP contribution < -0.4 is 5.56 Å². The molecule has 0 aliphatic heterocycles. The molecular weight excluding hydrogens is 361 g/mol. The number of thiophene rings is 1. The Morgan fingerprint density at radius 3 is 2.56 bits per heavy atom. The van der Waals surface area contributed by atoms with Crippen molar-refractivity contribution < 1.29 is 4.39 Å². The summed E-state index contributed by atoms with van der Waals surface area (Å²) in [5.41, 5.74) is 1.13. The highest BCUT2D eigenvalue weighted by Crippen LogP contribution is 2.17. The third-order valence-electron chi connectivity index (χ3n) is 4.35. The molecule has 0 unspecified atom stereocenters. The molecule has 4 rings (SSSR count). The zero-order valence-corrected chi connectivity index (χ0v) is 15.6. The van der Waals surface area contributed by atoms with Gasteiger partial charge in [-0.3, -0.25) is 14.3 Å². The molecule has 2 heterocycles. The Labute approximate surface area is 160 Å². The van der Waals surface area contributed by atoms with Gasteiger partial charge in [-0.1, -0.05) is 18.2 Å². The van der Waals surface area contributed by atoms with Crippen LogP contribution in [-0.2, 0) is 13.1 Å². The molecule has 4 aromatic rings. The van der Waals surface area contributed by atoms with Crippen molar-refractivity contribution in [1.29, 1.82) is 0 Å². The number of nitrogens with zero attached hydrogens (tertiary/aromatic N) is 3. The minimum atomic E-state index is -0.336. The van der Waals surface area contributed by atoms with Gasteiger partial charge < -0.3 is 0 Å². The number of benzene rings is 2. The summed E-state index contributed by atoms with van der Waals surface area (Å²) >= 11 is 1.70. The number of hydrogen-bond donors (Lipinski definition) is 0. The Balaban J connectivity index is 1.80. The van der Waals surface area contributed by atoms with E-state index in [0.717, 1.165) is 6.54 Å². The van der Waals surface area contributed by atoms with Crippen molar-refractivity contribution in [1.82, 2.24) is 14.5 Å². The topological polar surface area (TPSA) is 38.1 Å². The van der Waals surface area contributed by atoms with E-state index in [4.69, 9.17) is 4.98 Å². The summed E-state index contributed by atoms with van der Waals surface area (Å²) in [6.07, 6.45) is 0. The fourth-order valence-electron chi connectivity index (χ4n) is 3.11. The predicted octanol–water partition coefficient (Wildman–Crippen LogP) is 4.22. The van der Waals surface area contributed by atoms with Crippen LogP contribution in [0.1, 0.15) is 10.7 Å². The highest BCUT2D eigenvalue weighted by molar-refractivity contribution is 7.09. The first-order chi connectivity index (χ1) is 13.1. The van der Waals surface area contributed by atoms with E-state index in [0.29, 0.717) is 29.0 Å². The summed E-state index contributed by atoms with van der Waals surface area (Å²) < 4.78 is 14.9. The van der Waals surface area contributed by atoms with Crippen LogP contribution in [-0.4, -0.2) is 21.5 Å². The second-order valence-electron chi connectivity index (χ2n) is 6.41. The van der Waals surface area contributed by atoms with Gasteiger partial charge in [-0.05, 0) is 54.9 Å². The monoisotopic (exact) mass is 379 g/mol. The van der Waals surface area contributed by atoms with Crippen LogP contribution >= 0.6 is 11.3 Å². The molecule has 0 saturated carbocycles. The molecule has 0 fully saturated rings. The van der Waals surface area contributed by atoms with E-state index in [1.165, 1.54) is 17.0 Å². The van der Waals surface area contributed by atoms with E-state index in [2.05, 4.69) is 11.0 Å². The van der Waals surface area contributed by atoms with Gasteiger partial charge in [0.25, 0.3) is 5.56 Å². The maximum Gasteiger partial charge on any atom is 0.266 e. The van der Waals surface area contributed by atoms with Gasteiger partial charge in [0, 0.05) is 11.4 Å². The molecule has 0 amide bonds. The zero-order valence-electron chi connectivity index (χ0n) is 14.8. The summed E-state index contributed by atoms with van der Waals surface area (Å²) in [6, 6.07) is 17.3. The van der Waals surface area contributed by atoms with Crippen molar-refractivity contribution in [2.24, 2.45) is 0 Å². The Morgan fingerprint density at radius 1 is 1.04 bits per heavy atom. The molecule has 6 heteroatoms. The molecule has 2 aromatic carbocycles. The fourth-order valence-corrected chi connectivity index (χ4v) is 3.89. The standard InChI is InChI=1S/C21H18FN3OS/c1-24(13-17-5-4-12-27-17)14-20-23-19-7-3-2-6-18(19)21(26)25(20)16-10-8-15(22)9-11-16/h2-12H,13-14H2,1H3. The molecule has 0 N–H and O–H groups in total. The van der Waals surface area contributed by atoms with Gasteiger partial charge >= 0.3 is 0 Å². The first kappa shape index (κ1) is 17.6. The Kier molecular flexibility index (Phi) is 4.83. The van der Waals surface area contributed by atoms with Crippen LogP contribution in [0.5, 0.6) is 0 Å². The van der Waals surface area contributed by atoms with Crippen molar-refractivity contribution in [3.63, 3.8) is 0 Å². The minimum Gasteiger partial charge on any atom is -0.294 e. The lowest BCUT2D eigenvalue weighted by Crippen LogP contribution is -2.28. The van der Waals surface area contributed by atoms with E-state index < -0.39 is 0 Å². The van der Waals surface area contributed by atoms with E-state index in [-0.39, 0.29) is 11.4 Å². The van der Waals surface area contributed by atoms with Crippen molar-refractivity contribution in [3.8, 4) is 5.69 Å². The van der Waals surface area contributed by atoms with Crippen LogP contribution in [0.2, 0.25) is 0 Å². The van der Waals surface area contributed by atoms with Crippen LogP contribution in [0, 0.1) is 5.82 Å². The van der Waals surface area contributed by atoms with E-state index in [1.54, 1.807) is 34.1 Å². The molecule has 0 atom stereocenters. The molecule has 2 aromatic heterocycles. The van der Waals surface area contributed by atoms with E-state index in [9.17, 15) is 9.18 Å². The molecule has 0 bridgehead atoms. The largest absolute Gasteiger partial charge is 0.294 e. The smallest absolute Gasteiger partial charge is 0.266 e. The van der Waals surface area contributed by atoms with E-state index >= 15 is 0 Å². The number of para-hydroxylation sites is 1. The molecule has 27 heavy (non-hydrogen) atoms. The summed E-state index contributed by atoms with van der Waals surface area (Å²) in [5, 5.41) is 2.60. The first-order valence-corrected chi connectivity index (χ1v) is 9.47. The Bertz CT molecular complexity index is 1120. The van der Waals surface area contributed by atoms with Crippen LogP contribution in [0.15, 0.2) is 70.8 Å². The molecule has 4 nitrogen and oxygen atoms in total. The molecule has 0 aliphatic rings. The van der Waals surface area contributed by atoms with Crippen molar-refractivity contribution in [2.75, 3.05) is 7.05 Å². The van der Waals surface area contributed by atoms with Crippen molar-refractivity contribution >= 4 is 22.2 Å². The number of hydrogen-bond acceptors (Lipinski definition) is 4. The maximum absolute atomic E-state index is 13.4. The van der Waals surface area contributed by atoms with Crippen LogP contribution in [0.25, 0.3) is 16.6 Å². The summed E-state index contributed by atoms with van der Waals surface area (Å²) in [7, 11) is 2.00. The van der Waals surface area contributed by atoms with Crippen LogP contribution in [0.4, 0.5) is 4.39 Å². The molecule has 0 aliphatic carbocycles. The van der Waals surface area contributed by atoms with E-state index in [1.807, 2.05) is 36.7 Å². The second-order valence-corrected chi connectivity index (χ2v) is 7.45. The van der Waals surface area contributed by atoms with Gasteiger partial charge in [0.1, 0.15) is 11.6 Å². The minimum absolute atomic E-state index is 0.147. The number of fused-ring (bicyclic) bond motifs is 1. The summed E-state index contributed by atoms with van der Waals surface area (Å²) in [6.45, 7) is 1.26. The predicted molar refractivity (Wildman–Crippen MR) is 107 cm³/mol. The number of rotatable bonds is 5. The maximum atomic E-state index is 13.4. The molecule has 0 spiro atoms.